The van der Waals surface area contributed by atoms with Gasteiger partial charge in [-0.3, -0.25) is 19.7 Å². The van der Waals surface area contributed by atoms with Gasteiger partial charge >= 0.3 is 0 Å². The maximum Gasteiger partial charge on any atom is 0.269 e. The van der Waals surface area contributed by atoms with Gasteiger partial charge in [0, 0.05) is 22.7 Å². The van der Waals surface area contributed by atoms with E-state index in [1.165, 1.54) is 24.3 Å². The van der Waals surface area contributed by atoms with Crippen LogP contribution >= 0.6 is 11.6 Å². The first kappa shape index (κ1) is 20.0. The van der Waals surface area contributed by atoms with Crippen molar-refractivity contribution in [2.24, 2.45) is 0 Å². The molecule has 3 aromatic rings. The minimum atomic E-state index is -0.497. The zero-order valence-electron chi connectivity index (χ0n) is 15.1. The molecule has 0 spiro atoms. The van der Waals surface area contributed by atoms with Crippen LogP contribution in [0.4, 0.5) is 17.1 Å². The minimum absolute atomic E-state index is 0.0376. The van der Waals surface area contributed by atoms with Crippen LogP contribution in [0.25, 0.3) is 0 Å². The molecule has 0 aliphatic heterocycles. The molecular weight excluding hydrogens is 394 g/mol. The molecule has 8 heteroatoms. The van der Waals surface area contributed by atoms with E-state index in [9.17, 15) is 19.7 Å². The molecule has 2 N–H and O–H groups in total. The van der Waals surface area contributed by atoms with E-state index in [0.717, 1.165) is 0 Å². The topological polar surface area (TPSA) is 101 Å². The molecule has 2 amide bonds. The number of anilines is 2. The van der Waals surface area contributed by atoms with Crippen molar-refractivity contribution in [2.75, 3.05) is 10.6 Å². The summed E-state index contributed by atoms with van der Waals surface area (Å²) < 4.78 is 0. The summed E-state index contributed by atoms with van der Waals surface area (Å²) in [6.07, 6.45) is 0.0391. The Bertz CT molecular complexity index is 1050. The van der Waals surface area contributed by atoms with Crippen LogP contribution in [0.15, 0.2) is 72.8 Å². The lowest BCUT2D eigenvalue weighted by atomic mass is 10.1. The van der Waals surface area contributed by atoms with Crippen LogP contribution < -0.4 is 10.6 Å². The summed E-state index contributed by atoms with van der Waals surface area (Å²) in [6, 6.07) is 19.0. The quantitative estimate of drug-likeness (QED) is 0.455. The second kappa shape index (κ2) is 8.99. The van der Waals surface area contributed by atoms with E-state index in [1.54, 1.807) is 48.5 Å². The van der Waals surface area contributed by atoms with Crippen molar-refractivity contribution < 1.29 is 14.5 Å². The van der Waals surface area contributed by atoms with E-state index in [1.807, 2.05) is 0 Å². The maximum atomic E-state index is 12.4. The summed E-state index contributed by atoms with van der Waals surface area (Å²) in [5.74, 6) is -0.647. The van der Waals surface area contributed by atoms with Crippen molar-refractivity contribution in [1.29, 1.82) is 0 Å². The number of amides is 2. The van der Waals surface area contributed by atoms with E-state index in [0.29, 0.717) is 27.5 Å². The van der Waals surface area contributed by atoms with Gasteiger partial charge < -0.3 is 10.6 Å². The Morgan fingerprint density at radius 2 is 1.45 bits per heavy atom. The highest BCUT2D eigenvalue weighted by Crippen LogP contribution is 2.22. The van der Waals surface area contributed by atoms with Crippen molar-refractivity contribution in [3.8, 4) is 0 Å². The summed E-state index contributed by atoms with van der Waals surface area (Å²) in [5.41, 5.74) is 1.92. The van der Waals surface area contributed by atoms with Crippen molar-refractivity contribution in [2.45, 2.75) is 6.42 Å². The van der Waals surface area contributed by atoms with Gasteiger partial charge in [0.05, 0.1) is 22.7 Å². The van der Waals surface area contributed by atoms with Gasteiger partial charge in [0.2, 0.25) is 5.91 Å². The number of para-hydroxylation sites is 2. The summed E-state index contributed by atoms with van der Waals surface area (Å²) >= 11 is 5.84. The highest BCUT2D eigenvalue weighted by atomic mass is 35.5. The molecule has 3 aromatic carbocycles. The zero-order valence-corrected chi connectivity index (χ0v) is 15.8. The SMILES string of the molecule is O=C(Cc1ccc([N+](=O)[O-])cc1)Nc1ccccc1NC(=O)c1ccc(Cl)cc1. The number of halogens is 1. The van der Waals surface area contributed by atoms with E-state index in [-0.39, 0.29) is 23.9 Å². The second-order valence-electron chi connectivity index (χ2n) is 6.16. The van der Waals surface area contributed by atoms with Crippen LogP contribution in [0.3, 0.4) is 0 Å². The molecule has 0 unspecified atom stereocenters. The van der Waals surface area contributed by atoms with Crippen molar-refractivity contribution >= 4 is 40.5 Å². The van der Waals surface area contributed by atoms with Crippen LogP contribution in [0.5, 0.6) is 0 Å². The molecule has 0 saturated carbocycles. The molecule has 0 heterocycles. The number of non-ortho nitro benzene ring substituents is 1. The fraction of sp³-hybridized carbons (Fsp3) is 0.0476. The van der Waals surface area contributed by atoms with Gasteiger partial charge in [-0.15, -0.1) is 0 Å². The normalized spacial score (nSPS) is 10.2. The standard InChI is InChI=1S/C21H16ClN3O4/c22-16-9-7-15(8-10-16)21(27)24-19-4-2-1-3-18(19)23-20(26)13-14-5-11-17(12-6-14)25(28)29/h1-12H,13H2,(H,23,26)(H,24,27). The largest absolute Gasteiger partial charge is 0.324 e. The fourth-order valence-corrected chi connectivity index (χ4v) is 2.74. The first-order valence-corrected chi connectivity index (χ1v) is 8.99. The van der Waals surface area contributed by atoms with Gasteiger partial charge in [-0.1, -0.05) is 35.9 Å². The summed E-state index contributed by atoms with van der Waals surface area (Å²) in [4.78, 5) is 35.0. The number of nitro groups is 1. The van der Waals surface area contributed by atoms with E-state index in [4.69, 9.17) is 11.6 Å². The van der Waals surface area contributed by atoms with Crippen LogP contribution in [0, 0.1) is 10.1 Å². The third-order valence-electron chi connectivity index (χ3n) is 4.07. The molecule has 0 saturated heterocycles. The number of carbonyl (C=O) groups excluding carboxylic acids is 2. The fourth-order valence-electron chi connectivity index (χ4n) is 2.61. The van der Waals surface area contributed by atoms with Gasteiger partial charge in [0.15, 0.2) is 0 Å². The Labute approximate surface area is 171 Å². The third kappa shape index (κ3) is 5.40. The first-order valence-electron chi connectivity index (χ1n) is 8.61. The smallest absolute Gasteiger partial charge is 0.269 e. The Balaban J connectivity index is 1.68. The molecule has 7 nitrogen and oxygen atoms in total. The lowest BCUT2D eigenvalue weighted by molar-refractivity contribution is -0.384. The molecule has 29 heavy (non-hydrogen) atoms. The average Bonchev–Trinajstić information content (AvgIpc) is 2.70. The number of rotatable bonds is 6. The van der Waals surface area contributed by atoms with Crippen LogP contribution in [-0.4, -0.2) is 16.7 Å². The van der Waals surface area contributed by atoms with Gasteiger partial charge in [-0.05, 0) is 42.0 Å². The van der Waals surface area contributed by atoms with Gasteiger partial charge in [0.25, 0.3) is 11.6 Å². The Hall–Kier alpha value is -3.71. The highest BCUT2D eigenvalue weighted by Gasteiger charge is 2.12. The second-order valence-corrected chi connectivity index (χ2v) is 6.59. The molecule has 3 rings (SSSR count). The van der Waals surface area contributed by atoms with Crippen LogP contribution in [-0.2, 0) is 11.2 Å². The number of nitrogens with one attached hydrogen (secondary N) is 2. The minimum Gasteiger partial charge on any atom is -0.324 e. The van der Waals surface area contributed by atoms with Crippen molar-refractivity contribution in [1.82, 2.24) is 0 Å². The molecule has 0 radical (unpaired) electrons. The third-order valence-corrected chi connectivity index (χ3v) is 4.32. The van der Waals surface area contributed by atoms with Crippen molar-refractivity contribution in [3.05, 3.63) is 99.1 Å². The monoisotopic (exact) mass is 409 g/mol. The number of hydrogen-bond donors (Lipinski definition) is 2. The predicted molar refractivity (Wildman–Crippen MR) is 111 cm³/mol. The number of benzene rings is 3. The van der Waals surface area contributed by atoms with Gasteiger partial charge in [-0.25, -0.2) is 0 Å². The number of carbonyl (C=O) groups is 2. The summed E-state index contributed by atoms with van der Waals surface area (Å²) in [7, 11) is 0. The highest BCUT2D eigenvalue weighted by molar-refractivity contribution is 6.30. The Morgan fingerprint density at radius 3 is 2.03 bits per heavy atom. The lowest BCUT2D eigenvalue weighted by Gasteiger charge is -2.12. The molecule has 0 bridgehead atoms. The summed E-state index contributed by atoms with van der Waals surface area (Å²) in [5, 5.41) is 16.8. The predicted octanol–water partition coefficient (Wildman–Crippen LogP) is 4.68. The molecule has 0 atom stereocenters. The van der Waals surface area contributed by atoms with E-state index in [2.05, 4.69) is 10.6 Å². The molecular formula is C21H16ClN3O4. The van der Waals surface area contributed by atoms with Crippen molar-refractivity contribution in [3.63, 3.8) is 0 Å². The molecule has 0 fully saturated rings. The number of nitrogens with zero attached hydrogens (tertiary/aromatic N) is 1. The molecule has 0 aliphatic carbocycles. The first-order chi connectivity index (χ1) is 13.9. The molecule has 146 valence electrons. The Morgan fingerprint density at radius 1 is 0.862 bits per heavy atom. The molecule has 0 aliphatic rings. The van der Waals surface area contributed by atoms with E-state index >= 15 is 0 Å². The number of hydrogen-bond acceptors (Lipinski definition) is 4. The summed E-state index contributed by atoms with van der Waals surface area (Å²) in [6.45, 7) is 0. The van der Waals surface area contributed by atoms with Crippen LogP contribution in [0.1, 0.15) is 15.9 Å². The average molecular weight is 410 g/mol. The Kier molecular flexibility index (Phi) is 6.21. The van der Waals surface area contributed by atoms with Crippen LogP contribution in [0.2, 0.25) is 5.02 Å². The number of nitro benzene ring substituents is 1. The molecule has 0 aromatic heterocycles. The maximum absolute atomic E-state index is 12.4. The lowest BCUT2D eigenvalue weighted by Crippen LogP contribution is -2.18. The van der Waals surface area contributed by atoms with Gasteiger partial charge in [-0.2, -0.15) is 0 Å². The zero-order chi connectivity index (χ0) is 20.8. The van der Waals surface area contributed by atoms with E-state index < -0.39 is 4.92 Å². The van der Waals surface area contributed by atoms with Gasteiger partial charge in [0.1, 0.15) is 0 Å².